The predicted octanol–water partition coefficient (Wildman–Crippen LogP) is 2.69. The number of para-hydroxylation sites is 1. The summed E-state index contributed by atoms with van der Waals surface area (Å²) in [6.45, 7) is -0.0469. The quantitative estimate of drug-likeness (QED) is 0.467. The summed E-state index contributed by atoms with van der Waals surface area (Å²) in [5.74, 6) is -1.55. The summed E-state index contributed by atoms with van der Waals surface area (Å²) in [4.78, 5) is 25.0. The summed E-state index contributed by atoms with van der Waals surface area (Å²) < 4.78 is 1.99. The third-order valence-electron chi connectivity index (χ3n) is 4.31. The number of benzene rings is 2. The molecule has 1 heterocycles. The number of carbonyl (C=O) groups is 2. The van der Waals surface area contributed by atoms with Gasteiger partial charge in [-0.05, 0) is 47.5 Å². The molecule has 6 nitrogen and oxygen atoms in total. The zero-order valence-corrected chi connectivity index (χ0v) is 15.9. The van der Waals surface area contributed by atoms with Gasteiger partial charge in [-0.25, -0.2) is 0 Å². The number of carbonyl (C=O) groups excluding carboxylic acids is 2. The molecule has 0 aliphatic heterocycles. The third kappa shape index (κ3) is 4.32. The molecular weight excluding hydrogens is 362 g/mol. The summed E-state index contributed by atoms with van der Waals surface area (Å²) in [6.07, 6.45) is 2.94. The van der Waals surface area contributed by atoms with Crippen LogP contribution in [0.2, 0.25) is 0 Å². The predicted molar refractivity (Wildman–Crippen MR) is 108 cm³/mol. The molecule has 0 radical (unpaired) electrons. The largest absolute Gasteiger partial charge is 0.387 e. The van der Waals surface area contributed by atoms with Crippen molar-refractivity contribution in [1.82, 2.24) is 9.88 Å². The van der Waals surface area contributed by atoms with Crippen LogP contribution in [0.25, 0.3) is 10.9 Å². The summed E-state index contributed by atoms with van der Waals surface area (Å²) in [5, 5.41) is 16.4. The zero-order chi connectivity index (χ0) is 19.4. The number of aryl methyl sites for hydroxylation is 1. The lowest BCUT2D eigenvalue weighted by molar-refractivity contribution is -0.136. The van der Waals surface area contributed by atoms with Gasteiger partial charge in [-0.1, -0.05) is 18.2 Å². The number of hydrogen-bond acceptors (Lipinski definition) is 4. The maximum atomic E-state index is 12.1. The SMILES string of the molecule is CSc1ccccc1NC(=O)C(=O)NCC(O)c1ccc2c(ccn2C)c1. The number of aromatic nitrogens is 1. The van der Waals surface area contributed by atoms with Crippen molar-refractivity contribution in [3.63, 3.8) is 0 Å². The molecule has 27 heavy (non-hydrogen) atoms. The second-order valence-corrected chi connectivity index (χ2v) is 6.97. The highest BCUT2D eigenvalue weighted by Crippen LogP contribution is 2.24. The van der Waals surface area contributed by atoms with E-state index >= 15 is 0 Å². The molecule has 3 aromatic rings. The first-order valence-electron chi connectivity index (χ1n) is 8.45. The Hall–Kier alpha value is -2.77. The van der Waals surface area contributed by atoms with Crippen LogP contribution in [-0.2, 0) is 16.6 Å². The van der Waals surface area contributed by atoms with E-state index in [-0.39, 0.29) is 6.54 Å². The fourth-order valence-corrected chi connectivity index (χ4v) is 3.38. The van der Waals surface area contributed by atoms with Gasteiger partial charge in [0.15, 0.2) is 0 Å². The van der Waals surface area contributed by atoms with Crippen LogP contribution in [0.3, 0.4) is 0 Å². The molecule has 2 aromatic carbocycles. The van der Waals surface area contributed by atoms with Gasteiger partial charge in [0.25, 0.3) is 0 Å². The van der Waals surface area contributed by atoms with Gasteiger partial charge >= 0.3 is 11.8 Å². The van der Waals surface area contributed by atoms with Gasteiger partial charge in [0.2, 0.25) is 0 Å². The minimum absolute atomic E-state index is 0.0469. The molecule has 1 aromatic heterocycles. The van der Waals surface area contributed by atoms with E-state index in [9.17, 15) is 14.7 Å². The number of amides is 2. The third-order valence-corrected chi connectivity index (χ3v) is 5.11. The molecule has 0 bridgehead atoms. The molecule has 3 N–H and O–H groups in total. The van der Waals surface area contributed by atoms with Gasteiger partial charge in [0.05, 0.1) is 11.8 Å². The van der Waals surface area contributed by atoms with E-state index in [1.807, 2.05) is 60.5 Å². The molecule has 0 spiro atoms. The van der Waals surface area contributed by atoms with Gasteiger partial charge in [-0.2, -0.15) is 0 Å². The van der Waals surface area contributed by atoms with Crippen LogP contribution in [0, 0.1) is 0 Å². The minimum Gasteiger partial charge on any atom is -0.387 e. The Bertz CT molecular complexity index is 984. The van der Waals surface area contributed by atoms with Crippen LogP contribution < -0.4 is 10.6 Å². The van der Waals surface area contributed by atoms with Crippen LogP contribution in [-0.4, -0.2) is 34.3 Å². The number of thioether (sulfide) groups is 1. The Morgan fingerprint density at radius 1 is 1.15 bits per heavy atom. The number of aliphatic hydroxyl groups is 1. The second-order valence-electron chi connectivity index (χ2n) is 6.13. The highest BCUT2D eigenvalue weighted by molar-refractivity contribution is 7.98. The van der Waals surface area contributed by atoms with Crippen molar-refractivity contribution in [2.24, 2.45) is 7.05 Å². The molecule has 140 valence electrons. The normalized spacial score (nSPS) is 12.0. The Labute approximate surface area is 161 Å². The monoisotopic (exact) mass is 383 g/mol. The standard InChI is InChI=1S/C20H21N3O3S/c1-23-10-9-13-11-14(7-8-16(13)23)17(24)12-21-19(25)20(26)22-15-5-3-4-6-18(15)27-2/h3-11,17,24H,12H2,1-2H3,(H,21,25)(H,22,26). The highest BCUT2D eigenvalue weighted by atomic mass is 32.2. The highest BCUT2D eigenvalue weighted by Gasteiger charge is 2.17. The van der Waals surface area contributed by atoms with Crippen molar-refractivity contribution in [3.8, 4) is 0 Å². The fourth-order valence-electron chi connectivity index (χ4n) is 2.82. The summed E-state index contributed by atoms with van der Waals surface area (Å²) in [7, 11) is 1.95. The fraction of sp³-hybridized carbons (Fsp3) is 0.200. The summed E-state index contributed by atoms with van der Waals surface area (Å²) in [5.41, 5.74) is 2.32. The molecule has 1 atom stereocenters. The molecular formula is C20H21N3O3S. The van der Waals surface area contributed by atoms with Crippen LogP contribution in [0.1, 0.15) is 11.7 Å². The average molecular weight is 383 g/mol. The van der Waals surface area contributed by atoms with Gasteiger partial charge in [-0.3, -0.25) is 9.59 Å². The molecule has 0 saturated heterocycles. The number of fused-ring (bicyclic) bond motifs is 1. The molecule has 7 heteroatoms. The minimum atomic E-state index is -0.898. The maximum Gasteiger partial charge on any atom is 0.313 e. The van der Waals surface area contributed by atoms with Crippen LogP contribution in [0.4, 0.5) is 5.69 Å². The van der Waals surface area contributed by atoms with E-state index in [1.165, 1.54) is 11.8 Å². The number of nitrogens with zero attached hydrogens (tertiary/aromatic N) is 1. The number of aliphatic hydroxyl groups excluding tert-OH is 1. The lowest BCUT2D eigenvalue weighted by Crippen LogP contribution is -2.37. The number of rotatable bonds is 5. The molecule has 2 amide bonds. The average Bonchev–Trinajstić information content (AvgIpc) is 3.06. The van der Waals surface area contributed by atoms with Crippen LogP contribution >= 0.6 is 11.8 Å². The summed E-state index contributed by atoms with van der Waals surface area (Å²) in [6, 6.07) is 14.8. The smallest absolute Gasteiger partial charge is 0.313 e. The molecule has 1 unspecified atom stereocenters. The Morgan fingerprint density at radius 2 is 1.93 bits per heavy atom. The molecule has 3 rings (SSSR count). The van der Waals surface area contributed by atoms with Crippen LogP contribution in [0.5, 0.6) is 0 Å². The first kappa shape index (κ1) is 19.0. The van der Waals surface area contributed by atoms with Crippen molar-refractivity contribution in [2.45, 2.75) is 11.0 Å². The van der Waals surface area contributed by atoms with E-state index in [0.29, 0.717) is 11.3 Å². The molecule has 0 aliphatic carbocycles. The van der Waals surface area contributed by atoms with Crippen molar-refractivity contribution >= 4 is 40.2 Å². The molecule has 0 fully saturated rings. The Kier molecular flexibility index (Phi) is 5.83. The first-order chi connectivity index (χ1) is 13.0. The van der Waals surface area contributed by atoms with Gasteiger partial charge < -0.3 is 20.3 Å². The second kappa shape index (κ2) is 8.28. The van der Waals surface area contributed by atoms with Crippen LogP contribution in [0.15, 0.2) is 59.6 Å². The zero-order valence-electron chi connectivity index (χ0n) is 15.1. The van der Waals surface area contributed by atoms with Gasteiger partial charge in [0.1, 0.15) is 0 Å². The van der Waals surface area contributed by atoms with Gasteiger partial charge in [-0.15, -0.1) is 11.8 Å². The maximum absolute atomic E-state index is 12.1. The van der Waals surface area contributed by atoms with E-state index < -0.39 is 17.9 Å². The number of nitrogens with one attached hydrogen (secondary N) is 2. The Morgan fingerprint density at radius 3 is 2.70 bits per heavy atom. The molecule has 0 aliphatic rings. The van der Waals surface area contributed by atoms with Crippen molar-refractivity contribution in [1.29, 1.82) is 0 Å². The van der Waals surface area contributed by atoms with E-state index in [0.717, 1.165) is 15.8 Å². The van der Waals surface area contributed by atoms with Crippen molar-refractivity contribution in [2.75, 3.05) is 18.1 Å². The molecule has 0 saturated carbocycles. The summed E-state index contributed by atoms with van der Waals surface area (Å²) >= 11 is 1.48. The lowest BCUT2D eigenvalue weighted by Gasteiger charge is -2.13. The van der Waals surface area contributed by atoms with Gasteiger partial charge in [0, 0.05) is 30.2 Å². The van der Waals surface area contributed by atoms with Crippen molar-refractivity contribution < 1.29 is 14.7 Å². The number of anilines is 1. The van der Waals surface area contributed by atoms with E-state index in [2.05, 4.69) is 10.6 Å². The van der Waals surface area contributed by atoms with Crippen molar-refractivity contribution in [3.05, 3.63) is 60.3 Å². The lowest BCUT2D eigenvalue weighted by atomic mass is 10.1. The van der Waals surface area contributed by atoms with E-state index in [1.54, 1.807) is 12.1 Å². The Balaban J connectivity index is 1.59. The number of hydrogen-bond donors (Lipinski definition) is 3. The van der Waals surface area contributed by atoms with E-state index in [4.69, 9.17) is 0 Å². The topological polar surface area (TPSA) is 83.4 Å². The first-order valence-corrected chi connectivity index (χ1v) is 9.67.